The second kappa shape index (κ2) is 7.29. The fraction of sp³-hybridized carbons (Fsp3) is 0.238. The third kappa shape index (κ3) is 3.46. The lowest BCUT2D eigenvalue weighted by atomic mass is 9.98. The van der Waals surface area contributed by atoms with E-state index in [1.807, 2.05) is 18.2 Å². The molecule has 136 valence electrons. The number of hydrogen-bond donors (Lipinski definition) is 2. The summed E-state index contributed by atoms with van der Waals surface area (Å²) in [5.41, 5.74) is 1.42. The summed E-state index contributed by atoms with van der Waals surface area (Å²) in [6, 6.07) is 9.96. The molecule has 2 N–H and O–H groups in total. The van der Waals surface area contributed by atoms with Crippen molar-refractivity contribution in [3.63, 3.8) is 0 Å². The van der Waals surface area contributed by atoms with Gasteiger partial charge in [-0.3, -0.25) is 4.98 Å². The molecule has 0 atom stereocenters. The fourth-order valence-electron chi connectivity index (χ4n) is 3.52. The number of nitrogens with one attached hydrogen (secondary N) is 2. The lowest BCUT2D eigenvalue weighted by Gasteiger charge is -2.25. The second-order valence-corrected chi connectivity index (χ2v) is 6.72. The van der Waals surface area contributed by atoms with Gasteiger partial charge in [-0.15, -0.1) is 0 Å². The first kappa shape index (κ1) is 17.4. The minimum absolute atomic E-state index is 0.333. The molecule has 2 aromatic carbocycles. The first-order valence-corrected chi connectivity index (χ1v) is 8.90. The molecule has 0 bridgehead atoms. The predicted molar refractivity (Wildman–Crippen MR) is 101 cm³/mol. The normalized spacial score (nSPS) is 14.9. The lowest BCUT2D eigenvalue weighted by Crippen LogP contribution is -2.35. The maximum Gasteiger partial charge on any atom is 0.144 e. The standard InChI is InChI=1S/C21H18F2N4/c22-19-8-15(9-20(23)17(19)11-24)14-7-13-1-4-26-12-18(13)21(10-14)27-16-2-5-25-6-3-16/h1,4,7-10,12,16,25,27H,2-3,5-6H2. The molecule has 6 heteroatoms. The van der Waals surface area contributed by atoms with Crippen LogP contribution in [-0.2, 0) is 0 Å². The van der Waals surface area contributed by atoms with Gasteiger partial charge in [0.25, 0.3) is 0 Å². The average Bonchev–Trinajstić information content (AvgIpc) is 2.68. The third-order valence-electron chi connectivity index (χ3n) is 4.94. The fourth-order valence-corrected chi connectivity index (χ4v) is 3.52. The number of halogens is 2. The minimum atomic E-state index is -0.852. The van der Waals surface area contributed by atoms with E-state index in [0.29, 0.717) is 17.2 Å². The summed E-state index contributed by atoms with van der Waals surface area (Å²) in [5, 5.41) is 17.7. The Morgan fingerprint density at radius 2 is 1.78 bits per heavy atom. The Morgan fingerprint density at radius 1 is 1.07 bits per heavy atom. The molecule has 0 amide bonds. The molecule has 1 aromatic heterocycles. The van der Waals surface area contributed by atoms with Crippen molar-refractivity contribution in [3.05, 3.63) is 59.9 Å². The topological polar surface area (TPSA) is 60.7 Å². The lowest BCUT2D eigenvalue weighted by molar-refractivity contribution is 0.479. The summed E-state index contributed by atoms with van der Waals surface area (Å²) in [4.78, 5) is 4.21. The zero-order chi connectivity index (χ0) is 18.8. The molecular formula is C21H18F2N4. The molecule has 1 saturated heterocycles. The van der Waals surface area contributed by atoms with Crippen molar-refractivity contribution in [3.8, 4) is 17.2 Å². The number of nitriles is 1. The highest BCUT2D eigenvalue weighted by Crippen LogP contribution is 2.33. The summed E-state index contributed by atoms with van der Waals surface area (Å²) >= 11 is 0. The zero-order valence-corrected chi connectivity index (χ0v) is 14.6. The average molecular weight is 364 g/mol. The van der Waals surface area contributed by atoms with E-state index in [1.54, 1.807) is 18.5 Å². The largest absolute Gasteiger partial charge is 0.382 e. The Hall–Kier alpha value is -3.04. The van der Waals surface area contributed by atoms with Crippen LogP contribution >= 0.6 is 0 Å². The van der Waals surface area contributed by atoms with E-state index in [0.717, 1.165) is 42.4 Å². The third-order valence-corrected chi connectivity index (χ3v) is 4.94. The summed E-state index contributed by atoms with van der Waals surface area (Å²) < 4.78 is 28.2. The van der Waals surface area contributed by atoms with Crippen LogP contribution in [0.4, 0.5) is 14.5 Å². The van der Waals surface area contributed by atoms with Gasteiger partial charge in [-0.25, -0.2) is 8.78 Å². The SMILES string of the molecule is N#Cc1c(F)cc(-c2cc(NC3CCNCC3)c3cnccc3c2)cc1F. The van der Waals surface area contributed by atoms with Gasteiger partial charge < -0.3 is 10.6 Å². The molecular weight excluding hydrogens is 346 g/mol. The Balaban J connectivity index is 1.81. The summed E-state index contributed by atoms with van der Waals surface area (Å²) in [6.45, 7) is 1.92. The maximum absolute atomic E-state index is 14.1. The number of piperidine rings is 1. The van der Waals surface area contributed by atoms with E-state index >= 15 is 0 Å². The van der Waals surface area contributed by atoms with E-state index in [2.05, 4.69) is 15.6 Å². The van der Waals surface area contributed by atoms with Crippen LogP contribution in [0.2, 0.25) is 0 Å². The molecule has 1 aliphatic heterocycles. The quantitative estimate of drug-likeness (QED) is 0.731. The molecule has 0 unspecified atom stereocenters. The number of benzene rings is 2. The van der Waals surface area contributed by atoms with Crippen LogP contribution in [0.15, 0.2) is 42.7 Å². The highest BCUT2D eigenvalue weighted by atomic mass is 19.1. The van der Waals surface area contributed by atoms with Crippen molar-refractivity contribution in [2.75, 3.05) is 18.4 Å². The highest BCUT2D eigenvalue weighted by molar-refractivity contribution is 5.97. The number of rotatable bonds is 3. The number of pyridine rings is 1. The molecule has 4 rings (SSSR count). The first-order valence-electron chi connectivity index (χ1n) is 8.90. The van der Waals surface area contributed by atoms with Gasteiger partial charge in [-0.1, -0.05) is 0 Å². The molecule has 0 aliphatic carbocycles. The summed E-state index contributed by atoms with van der Waals surface area (Å²) in [6.07, 6.45) is 5.50. The van der Waals surface area contributed by atoms with Crippen LogP contribution in [0, 0.1) is 23.0 Å². The van der Waals surface area contributed by atoms with Crippen LogP contribution in [0.1, 0.15) is 18.4 Å². The number of nitrogens with zero attached hydrogens (tertiary/aromatic N) is 2. The molecule has 27 heavy (non-hydrogen) atoms. The van der Waals surface area contributed by atoms with E-state index in [1.165, 1.54) is 12.1 Å². The monoisotopic (exact) mass is 364 g/mol. The Kier molecular flexibility index (Phi) is 4.69. The van der Waals surface area contributed by atoms with Crippen LogP contribution in [-0.4, -0.2) is 24.1 Å². The first-order chi connectivity index (χ1) is 13.2. The van der Waals surface area contributed by atoms with Crippen molar-refractivity contribution < 1.29 is 8.78 Å². The van der Waals surface area contributed by atoms with Crippen LogP contribution in [0.5, 0.6) is 0 Å². The summed E-state index contributed by atoms with van der Waals surface area (Å²) in [5.74, 6) is -1.70. The maximum atomic E-state index is 14.1. The van der Waals surface area contributed by atoms with Gasteiger partial charge in [-0.05, 0) is 72.8 Å². The van der Waals surface area contributed by atoms with Crippen LogP contribution in [0.25, 0.3) is 21.9 Å². The van der Waals surface area contributed by atoms with E-state index in [4.69, 9.17) is 5.26 Å². The van der Waals surface area contributed by atoms with Gasteiger partial charge in [-0.2, -0.15) is 5.26 Å². The van der Waals surface area contributed by atoms with Crippen molar-refractivity contribution in [1.82, 2.24) is 10.3 Å². The van der Waals surface area contributed by atoms with Gasteiger partial charge in [0.1, 0.15) is 23.3 Å². The van der Waals surface area contributed by atoms with Crippen LogP contribution in [0.3, 0.4) is 0 Å². The van der Waals surface area contributed by atoms with E-state index in [-0.39, 0.29) is 0 Å². The molecule has 0 saturated carbocycles. The second-order valence-electron chi connectivity index (χ2n) is 6.72. The molecule has 3 aromatic rings. The Bertz CT molecular complexity index is 1010. The number of aromatic nitrogens is 1. The Morgan fingerprint density at radius 3 is 2.48 bits per heavy atom. The molecule has 2 heterocycles. The number of fused-ring (bicyclic) bond motifs is 1. The molecule has 1 fully saturated rings. The minimum Gasteiger partial charge on any atom is -0.382 e. The number of anilines is 1. The van der Waals surface area contributed by atoms with Gasteiger partial charge in [0.2, 0.25) is 0 Å². The molecule has 4 nitrogen and oxygen atoms in total. The van der Waals surface area contributed by atoms with Crippen molar-refractivity contribution in [2.24, 2.45) is 0 Å². The Labute approximate surface area is 155 Å². The van der Waals surface area contributed by atoms with Crippen LogP contribution < -0.4 is 10.6 Å². The van der Waals surface area contributed by atoms with Gasteiger partial charge in [0.15, 0.2) is 0 Å². The smallest absolute Gasteiger partial charge is 0.144 e. The molecule has 0 spiro atoms. The van der Waals surface area contributed by atoms with Gasteiger partial charge in [0.05, 0.1) is 0 Å². The van der Waals surface area contributed by atoms with Crippen molar-refractivity contribution >= 4 is 16.5 Å². The number of hydrogen-bond acceptors (Lipinski definition) is 4. The summed E-state index contributed by atoms with van der Waals surface area (Å²) in [7, 11) is 0. The van der Waals surface area contributed by atoms with Crippen molar-refractivity contribution in [2.45, 2.75) is 18.9 Å². The molecule has 0 radical (unpaired) electrons. The zero-order valence-electron chi connectivity index (χ0n) is 14.6. The predicted octanol–water partition coefficient (Wildman–Crippen LogP) is 4.22. The highest BCUT2D eigenvalue weighted by Gasteiger charge is 2.16. The van der Waals surface area contributed by atoms with Crippen molar-refractivity contribution in [1.29, 1.82) is 5.26 Å². The van der Waals surface area contributed by atoms with E-state index < -0.39 is 17.2 Å². The van der Waals surface area contributed by atoms with Gasteiger partial charge >= 0.3 is 0 Å². The van der Waals surface area contributed by atoms with Gasteiger partial charge in [0, 0.05) is 29.5 Å². The molecule has 1 aliphatic rings. The van der Waals surface area contributed by atoms with E-state index in [9.17, 15) is 8.78 Å².